The fourth-order valence-corrected chi connectivity index (χ4v) is 3.05. The third-order valence-corrected chi connectivity index (χ3v) is 4.13. The Bertz CT molecular complexity index is 529. The van der Waals surface area contributed by atoms with Crippen molar-refractivity contribution < 1.29 is 8.78 Å². The molecule has 1 unspecified atom stereocenters. The summed E-state index contributed by atoms with van der Waals surface area (Å²) in [7, 11) is 0. The molecular formula is C15H20F2N2S. The van der Waals surface area contributed by atoms with Crippen LogP contribution in [0.25, 0.3) is 0 Å². The van der Waals surface area contributed by atoms with Gasteiger partial charge in [0.2, 0.25) is 0 Å². The van der Waals surface area contributed by atoms with E-state index < -0.39 is 11.6 Å². The molecule has 5 heteroatoms. The van der Waals surface area contributed by atoms with Gasteiger partial charge in [0.05, 0.1) is 5.69 Å². The zero-order valence-electron chi connectivity index (χ0n) is 11.8. The predicted octanol–water partition coefficient (Wildman–Crippen LogP) is 3.98. The molecule has 0 aliphatic heterocycles. The number of thiocarbonyl (C=S) groups is 1. The largest absolute Gasteiger partial charge is 0.389 e. The highest BCUT2D eigenvalue weighted by Crippen LogP contribution is 2.36. The minimum atomic E-state index is -0.974. The van der Waals surface area contributed by atoms with Gasteiger partial charge in [0.15, 0.2) is 11.6 Å². The van der Waals surface area contributed by atoms with Gasteiger partial charge in [0.25, 0.3) is 0 Å². The first-order valence-electron chi connectivity index (χ1n) is 6.84. The van der Waals surface area contributed by atoms with Crippen molar-refractivity contribution in [2.45, 2.75) is 45.6 Å². The van der Waals surface area contributed by atoms with Gasteiger partial charge in [-0.3, -0.25) is 0 Å². The van der Waals surface area contributed by atoms with E-state index in [-0.39, 0.29) is 27.7 Å². The summed E-state index contributed by atoms with van der Waals surface area (Å²) in [6.45, 7) is 4.40. The van der Waals surface area contributed by atoms with Crippen LogP contribution in [0.5, 0.6) is 0 Å². The summed E-state index contributed by atoms with van der Waals surface area (Å²) in [5, 5.41) is 3.11. The molecule has 0 saturated heterocycles. The Morgan fingerprint density at radius 1 is 1.35 bits per heavy atom. The Hall–Kier alpha value is -1.23. The second-order valence-electron chi connectivity index (χ2n) is 6.25. The highest BCUT2D eigenvalue weighted by molar-refractivity contribution is 7.80. The molecule has 0 bridgehead atoms. The fourth-order valence-electron chi connectivity index (χ4n) is 2.89. The number of rotatable bonds is 3. The van der Waals surface area contributed by atoms with Gasteiger partial charge >= 0.3 is 0 Å². The molecule has 0 heterocycles. The van der Waals surface area contributed by atoms with Crippen molar-refractivity contribution in [2.75, 3.05) is 5.32 Å². The lowest BCUT2D eigenvalue weighted by Crippen LogP contribution is -2.32. The van der Waals surface area contributed by atoms with E-state index in [9.17, 15) is 8.78 Å². The molecule has 1 aliphatic rings. The average Bonchev–Trinajstić information content (AvgIpc) is 2.33. The number of hydrogen-bond donors (Lipinski definition) is 2. The minimum Gasteiger partial charge on any atom is -0.389 e. The summed E-state index contributed by atoms with van der Waals surface area (Å²) >= 11 is 4.69. The van der Waals surface area contributed by atoms with Gasteiger partial charge in [-0.15, -0.1) is 0 Å². The van der Waals surface area contributed by atoms with Crippen LogP contribution in [0.3, 0.4) is 0 Å². The maximum Gasteiger partial charge on any atom is 0.182 e. The Labute approximate surface area is 123 Å². The van der Waals surface area contributed by atoms with E-state index >= 15 is 0 Å². The van der Waals surface area contributed by atoms with Crippen LogP contribution in [0.15, 0.2) is 12.1 Å². The summed E-state index contributed by atoms with van der Waals surface area (Å²) in [5.74, 6) is -1.88. The van der Waals surface area contributed by atoms with E-state index in [0.717, 1.165) is 19.3 Å². The van der Waals surface area contributed by atoms with Gasteiger partial charge in [-0.2, -0.15) is 0 Å². The summed E-state index contributed by atoms with van der Waals surface area (Å²) in [6, 6.07) is 3.11. The van der Waals surface area contributed by atoms with E-state index in [1.165, 1.54) is 18.6 Å². The molecule has 3 N–H and O–H groups in total. The Balaban J connectivity index is 2.18. The molecule has 1 saturated carbocycles. The third kappa shape index (κ3) is 3.26. The van der Waals surface area contributed by atoms with Crippen LogP contribution in [0.2, 0.25) is 0 Å². The van der Waals surface area contributed by atoms with Crippen molar-refractivity contribution in [1.82, 2.24) is 0 Å². The number of anilines is 1. The summed E-state index contributed by atoms with van der Waals surface area (Å²) in [6.07, 6.45) is 4.19. The molecule has 1 aromatic carbocycles. The highest BCUT2D eigenvalue weighted by Gasteiger charge is 2.28. The molecule has 1 aromatic rings. The fraction of sp³-hybridized carbons (Fsp3) is 0.533. The van der Waals surface area contributed by atoms with Crippen LogP contribution < -0.4 is 11.1 Å². The first kappa shape index (κ1) is 15.2. The second-order valence-corrected chi connectivity index (χ2v) is 6.69. The van der Waals surface area contributed by atoms with Crippen LogP contribution in [0, 0.1) is 17.0 Å². The minimum absolute atomic E-state index is 0.0491. The molecule has 110 valence electrons. The molecule has 0 radical (unpaired) electrons. The van der Waals surface area contributed by atoms with Crippen molar-refractivity contribution in [2.24, 2.45) is 11.1 Å². The molecule has 1 fully saturated rings. The van der Waals surface area contributed by atoms with Gasteiger partial charge in [-0.25, -0.2) is 8.78 Å². The summed E-state index contributed by atoms with van der Waals surface area (Å²) in [5.41, 5.74) is 5.73. The highest BCUT2D eigenvalue weighted by atomic mass is 32.1. The first-order valence-corrected chi connectivity index (χ1v) is 7.25. The molecule has 0 spiro atoms. The van der Waals surface area contributed by atoms with E-state index in [4.69, 9.17) is 18.0 Å². The maximum absolute atomic E-state index is 14.0. The number of halogens is 2. The molecular weight excluding hydrogens is 278 g/mol. The molecule has 1 atom stereocenters. The first-order chi connectivity index (χ1) is 9.30. The van der Waals surface area contributed by atoms with E-state index in [1.807, 2.05) is 0 Å². The lowest BCUT2D eigenvalue weighted by atomic mass is 9.75. The van der Waals surface area contributed by atoms with Crippen molar-refractivity contribution in [3.63, 3.8) is 0 Å². The van der Waals surface area contributed by atoms with E-state index in [0.29, 0.717) is 0 Å². The zero-order valence-corrected chi connectivity index (χ0v) is 12.6. The SMILES string of the molecule is CC1(C)CCCC(Nc2ccc(C(N)=S)c(F)c2F)C1. The summed E-state index contributed by atoms with van der Waals surface area (Å²) < 4.78 is 27.9. The number of nitrogens with two attached hydrogens (primary N) is 1. The van der Waals surface area contributed by atoms with E-state index in [1.54, 1.807) is 0 Å². The average molecular weight is 298 g/mol. The monoisotopic (exact) mass is 298 g/mol. The van der Waals surface area contributed by atoms with Gasteiger partial charge in [0, 0.05) is 11.6 Å². The molecule has 2 rings (SSSR count). The maximum atomic E-state index is 14.0. The Morgan fingerprint density at radius 3 is 2.65 bits per heavy atom. The third-order valence-electron chi connectivity index (χ3n) is 3.91. The lowest BCUT2D eigenvalue weighted by Gasteiger charge is -2.36. The van der Waals surface area contributed by atoms with Gasteiger partial charge < -0.3 is 11.1 Å². The van der Waals surface area contributed by atoms with Crippen molar-refractivity contribution in [3.05, 3.63) is 29.3 Å². The molecule has 1 aliphatic carbocycles. The summed E-state index contributed by atoms with van der Waals surface area (Å²) in [4.78, 5) is -0.133. The van der Waals surface area contributed by atoms with Crippen molar-refractivity contribution in [3.8, 4) is 0 Å². The Morgan fingerprint density at radius 2 is 2.05 bits per heavy atom. The quantitative estimate of drug-likeness (QED) is 0.829. The molecule has 20 heavy (non-hydrogen) atoms. The predicted molar refractivity (Wildman–Crippen MR) is 81.9 cm³/mol. The molecule has 2 nitrogen and oxygen atoms in total. The van der Waals surface area contributed by atoms with Gasteiger partial charge in [-0.05, 0) is 36.8 Å². The van der Waals surface area contributed by atoms with Gasteiger partial charge in [-0.1, -0.05) is 32.5 Å². The van der Waals surface area contributed by atoms with Crippen LogP contribution in [-0.4, -0.2) is 11.0 Å². The van der Waals surface area contributed by atoms with Gasteiger partial charge in [0.1, 0.15) is 4.99 Å². The smallest absolute Gasteiger partial charge is 0.182 e. The van der Waals surface area contributed by atoms with Crippen molar-refractivity contribution >= 4 is 22.9 Å². The van der Waals surface area contributed by atoms with E-state index in [2.05, 4.69) is 19.2 Å². The normalized spacial score (nSPS) is 21.5. The van der Waals surface area contributed by atoms with Crippen LogP contribution in [-0.2, 0) is 0 Å². The van der Waals surface area contributed by atoms with Crippen LogP contribution >= 0.6 is 12.2 Å². The molecule has 0 amide bonds. The second kappa shape index (κ2) is 5.64. The standard InChI is InChI=1S/C15H20F2N2S/c1-15(2)7-3-4-9(8-15)19-11-6-5-10(14(18)20)12(16)13(11)17/h5-6,9,19H,3-4,7-8H2,1-2H3,(H2,18,20). The topological polar surface area (TPSA) is 38.0 Å². The number of hydrogen-bond acceptors (Lipinski definition) is 2. The van der Waals surface area contributed by atoms with Crippen molar-refractivity contribution in [1.29, 1.82) is 0 Å². The Kier molecular flexibility index (Phi) is 4.28. The van der Waals surface area contributed by atoms with Crippen LogP contribution in [0.1, 0.15) is 45.1 Å². The molecule has 0 aromatic heterocycles. The van der Waals surface area contributed by atoms with Crippen LogP contribution in [0.4, 0.5) is 14.5 Å². The lowest BCUT2D eigenvalue weighted by molar-refractivity contribution is 0.229. The number of benzene rings is 1. The zero-order chi connectivity index (χ0) is 14.9. The number of nitrogens with one attached hydrogen (secondary N) is 1.